The maximum Gasteiger partial charge on any atom is 0.264 e. The number of amides is 1. The van der Waals surface area contributed by atoms with Gasteiger partial charge in [0.1, 0.15) is 5.75 Å². The zero-order valence-electron chi connectivity index (χ0n) is 14.1. The lowest BCUT2D eigenvalue weighted by atomic mass is 10.1. The Morgan fingerprint density at radius 3 is 2.60 bits per heavy atom. The second kappa shape index (κ2) is 7.20. The van der Waals surface area contributed by atoms with Crippen LogP contribution >= 0.6 is 22.7 Å². The molecule has 0 aliphatic rings. The van der Waals surface area contributed by atoms with Gasteiger partial charge in [0.25, 0.3) is 5.91 Å². The lowest BCUT2D eigenvalue weighted by Crippen LogP contribution is -2.20. The van der Waals surface area contributed by atoms with Gasteiger partial charge in [-0.05, 0) is 31.9 Å². The Balaban J connectivity index is 1.66. The molecule has 2 aromatic heterocycles. The average Bonchev–Trinajstić information content (AvgIpc) is 3.12. The van der Waals surface area contributed by atoms with Gasteiger partial charge < -0.3 is 10.5 Å². The van der Waals surface area contributed by atoms with Crippen molar-refractivity contribution in [3.63, 3.8) is 0 Å². The van der Waals surface area contributed by atoms with Crippen LogP contribution in [0.2, 0.25) is 0 Å². The predicted molar refractivity (Wildman–Crippen MR) is 102 cm³/mol. The molecule has 0 radical (unpaired) electrons. The number of para-hydroxylation sites is 1. The van der Waals surface area contributed by atoms with Crippen molar-refractivity contribution in [3.8, 4) is 16.3 Å². The number of carbonyl (C=O) groups excluding carboxylic acids is 1. The maximum absolute atomic E-state index is 12.2. The molecule has 130 valence electrons. The minimum atomic E-state index is -0.249. The van der Waals surface area contributed by atoms with Gasteiger partial charge in [-0.15, -0.1) is 11.3 Å². The van der Waals surface area contributed by atoms with E-state index >= 15 is 0 Å². The van der Waals surface area contributed by atoms with Crippen LogP contribution in [0.15, 0.2) is 23.6 Å². The lowest BCUT2D eigenvalue weighted by molar-refractivity contribution is -0.118. The number of hydrogen-bond acceptors (Lipinski definition) is 7. The maximum atomic E-state index is 12.2. The number of benzene rings is 1. The molecule has 0 bridgehead atoms. The third-order valence-corrected chi connectivity index (χ3v) is 5.32. The first-order valence-electron chi connectivity index (χ1n) is 7.61. The van der Waals surface area contributed by atoms with Gasteiger partial charge in [0.05, 0.1) is 16.3 Å². The molecular weight excluding hydrogens is 356 g/mol. The van der Waals surface area contributed by atoms with Gasteiger partial charge in [0.15, 0.2) is 16.9 Å². The van der Waals surface area contributed by atoms with Crippen molar-refractivity contribution in [3.05, 3.63) is 40.4 Å². The molecule has 0 saturated carbocycles. The number of anilines is 2. The zero-order valence-corrected chi connectivity index (χ0v) is 15.8. The van der Waals surface area contributed by atoms with Crippen molar-refractivity contribution >= 4 is 38.8 Å². The van der Waals surface area contributed by atoms with E-state index in [1.807, 2.05) is 44.4 Å². The van der Waals surface area contributed by atoms with Gasteiger partial charge in [0, 0.05) is 5.38 Å². The number of ether oxygens (including phenoxy) is 1. The van der Waals surface area contributed by atoms with E-state index in [-0.39, 0.29) is 12.5 Å². The largest absolute Gasteiger partial charge is 0.483 e. The van der Waals surface area contributed by atoms with Gasteiger partial charge >= 0.3 is 0 Å². The fraction of sp³-hybridized carbons (Fsp3) is 0.235. The highest BCUT2D eigenvalue weighted by molar-refractivity contribution is 7.19. The first-order valence-corrected chi connectivity index (χ1v) is 9.31. The number of nitrogens with zero attached hydrogens (tertiary/aromatic N) is 2. The van der Waals surface area contributed by atoms with Crippen LogP contribution in [0.3, 0.4) is 0 Å². The third kappa shape index (κ3) is 3.97. The lowest BCUT2D eigenvalue weighted by Gasteiger charge is -2.11. The zero-order chi connectivity index (χ0) is 18.0. The smallest absolute Gasteiger partial charge is 0.264 e. The Hall–Kier alpha value is -2.45. The first-order chi connectivity index (χ1) is 11.9. The molecule has 1 aromatic carbocycles. The van der Waals surface area contributed by atoms with Crippen molar-refractivity contribution in [1.82, 2.24) is 9.97 Å². The molecule has 0 aliphatic heterocycles. The summed E-state index contributed by atoms with van der Waals surface area (Å²) in [6, 6.07) is 5.87. The first kappa shape index (κ1) is 17.4. The van der Waals surface area contributed by atoms with Crippen LogP contribution in [-0.2, 0) is 4.79 Å². The SMILES string of the molecule is Cc1cccc(C)c1OCC(=O)Nc1nc(C)c(-c2csc(N)n2)s1. The molecule has 0 atom stereocenters. The fourth-order valence-electron chi connectivity index (χ4n) is 2.40. The highest BCUT2D eigenvalue weighted by Crippen LogP contribution is 2.33. The van der Waals surface area contributed by atoms with Gasteiger partial charge in [-0.3, -0.25) is 10.1 Å². The number of carbonyl (C=O) groups is 1. The summed E-state index contributed by atoms with van der Waals surface area (Å²) in [4.78, 5) is 21.7. The quantitative estimate of drug-likeness (QED) is 0.709. The van der Waals surface area contributed by atoms with Gasteiger partial charge in [-0.2, -0.15) is 0 Å². The minimum absolute atomic E-state index is 0.0662. The fourth-order valence-corrected chi connectivity index (χ4v) is 3.97. The summed E-state index contributed by atoms with van der Waals surface area (Å²) >= 11 is 2.75. The highest BCUT2D eigenvalue weighted by atomic mass is 32.1. The van der Waals surface area contributed by atoms with Crippen LogP contribution in [0.5, 0.6) is 5.75 Å². The molecule has 0 fully saturated rings. The van der Waals surface area contributed by atoms with E-state index in [9.17, 15) is 4.79 Å². The van der Waals surface area contributed by atoms with Crippen LogP contribution in [-0.4, -0.2) is 22.5 Å². The van der Waals surface area contributed by atoms with Gasteiger partial charge in [-0.1, -0.05) is 29.5 Å². The molecule has 8 heteroatoms. The molecule has 1 amide bonds. The third-order valence-electron chi connectivity index (χ3n) is 3.55. The summed E-state index contributed by atoms with van der Waals surface area (Å²) in [7, 11) is 0. The van der Waals surface area contributed by atoms with Crippen molar-refractivity contribution in [2.45, 2.75) is 20.8 Å². The highest BCUT2D eigenvalue weighted by Gasteiger charge is 2.15. The number of nitrogens with one attached hydrogen (secondary N) is 1. The van der Waals surface area contributed by atoms with Crippen LogP contribution in [0.4, 0.5) is 10.3 Å². The molecular formula is C17H18N4O2S2. The predicted octanol–water partition coefficient (Wildman–Crippen LogP) is 3.79. The van der Waals surface area contributed by atoms with E-state index in [0.717, 1.165) is 33.1 Å². The normalized spacial score (nSPS) is 10.7. The molecule has 6 nitrogen and oxygen atoms in total. The van der Waals surface area contributed by atoms with E-state index in [1.165, 1.54) is 22.7 Å². The summed E-state index contributed by atoms with van der Waals surface area (Å²) in [5.74, 6) is 0.493. The molecule has 0 unspecified atom stereocenters. The Labute approximate surface area is 153 Å². The number of rotatable bonds is 5. The number of nitrogens with two attached hydrogens (primary N) is 1. The second-order valence-corrected chi connectivity index (χ2v) is 7.45. The van der Waals surface area contributed by atoms with E-state index < -0.39 is 0 Å². The molecule has 0 spiro atoms. The topological polar surface area (TPSA) is 90.1 Å². The Kier molecular flexibility index (Phi) is 5.00. The monoisotopic (exact) mass is 374 g/mol. The van der Waals surface area contributed by atoms with E-state index in [4.69, 9.17) is 10.5 Å². The Morgan fingerprint density at radius 1 is 1.24 bits per heavy atom. The Bertz CT molecular complexity index is 897. The molecule has 0 saturated heterocycles. The van der Waals surface area contributed by atoms with Crippen molar-refractivity contribution in [2.75, 3.05) is 17.7 Å². The minimum Gasteiger partial charge on any atom is -0.483 e. The number of aromatic nitrogens is 2. The van der Waals surface area contributed by atoms with Crippen LogP contribution < -0.4 is 15.8 Å². The van der Waals surface area contributed by atoms with Crippen LogP contribution in [0.1, 0.15) is 16.8 Å². The molecule has 3 N–H and O–H groups in total. The van der Waals surface area contributed by atoms with E-state index in [1.54, 1.807) is 0 Å². The van der Waals surface area contributed by atoms with Crippen molar-refractivity contribution in [2.24, 2.45) is 0 Å². The molecule has 3 rings (SSSR count). The van der Waals surface area contributed by atoms with Gasteiger partial charge in [-0.25, -0.2) is 9.97 Å². The van der Waals surface area contributed by atoms with E-state index in [0.29, 0.717) is 10.3 Å². The van der Waals surface area contributed by atoms with Crippen LogP contribution in [0, 0.1) is 20.8 Å². The van der Waals surface area contributed by atoms with Gasteiger partial charge in [0.2, 0.25) is 0 Å². The summed E-state index contributed by atoms with van der Waals surface area (Å²) in [6.45, 7) is 5.72. The summed E-state index contributed by atoms with van der Waals surface area (Å²) in [5, 5.41) is 5.69. The average molecular weight is 374 g/mol. The molecule has 0 aliphatic carbocycles. The summed E-state index contributed by atoms with van der Waals surface area (Å²) in [6.07, 6.45) is 0. The van der Waals surface area contributed by atoms with Crippen LogP contribution in [0.25, 0.3) is 10.6 Å². The molecule has 25 heavy (non-hydrogen) atoms. The number of aryl methyl sites for hydroxylation is 3. The second-order valence-electron chi connectivity index (χ2n) is 5.56. The number of hydrogen-bond donors (Lipinski definition) is 2. The van der Waals surface area contributed by atoms with E-state index in [2.05, 4.69) is 15.3 Å². The molecule has 3 aromatic rings. The summed E-state index contributed by atoms with van der Waals surface area (Å²) in [5.41, 5.74) is 9.27. The number of nitrogen functional groups attached to an aromatic ring is 1. The van der Waals surface area contributed by atoms with Crippen molar-refractivity contribution in [1.29, 1.82) is 0 Å². The Morgan fingerprint density at radius 2 is 1.96 bits per heavy atom. The summed E-state index contributed by atoms with van der Waals surface area (Å²) < 4.78 is 5.66. The van der Waals surface area contributed by atoms with Crippen molar-refractivity contribution < 1.29 is 9.53 Å². The standard InChI is InChI=1S/C17H18N4O2S2/c1-9-5-4-6-10(2)14(9)23-7-13(22)21-17-19-11(3)15(25-17)12-8-24-16(18)20-12/h4-6,8H,7H2,1-3H3,(H2,18,20)(H,19,21,22). The molecule has 2 heterocycles. The number of thiazole rings is 2.